The highest BCUT2D eigenvalue weighted by atomic mass is 16.1. The number of rotatable bonds is 8. The smallest absolute Gasteiger partial charge is 0.251 e. The largest absolute Gasteiger partial charge is 0.372 e. The summed E-state index contributed by atoms with van der Waals surface area (Å²) < 4.78 is 0. The Bertz CT molecular complexity index is 949. The number of nitrogens with zero attached hydrogens (tertiary/aromatic N) is 2. The second kappa shape index (κ2) is 9.73. The van der Waals surface area contributed by atoms with Gasteiger partial charge in [-0.1, -0.05) is 24.3 Å². The van der Waals surface area contributed by atoms with E-state index in [1.165, 1.54) is 5.69 Å². The maximum atomic E-state index is 12.5. The average Bonchev–Trinajstić information content (AvgIpc) is 2.75. The number of amides is 1. The van der Waals surface area contributed by atoms with Crippen LogP contribution in [0.25, 0.3) is 0 Å². The van der Waals surface area contributed by atoms with E-state index in [1.807, 2.05) is 43.3 Å². The Morgan fingerprint density at radius 2 is 1.72 bits per heavy atom. The Morgan fingerprint density at radius 3 is 2.41 bits per heavy atom. The lowest BCUT2D eigenvalue weighted by Gasteiger charge is -2.21. The lowest BCUT2D eigenvalue weighted by Crippen LogP contribution is -2.23. The lowest BCUT2D eigenvalue weighted by atomic mass is 10.1. The number of hydrogen-bond donors (Lipinski definition) is 2. The predicted octanol–water partition coefficient (Wildman–Crippen LogP) is 4.91. The van der Waals surface area contributed by atoms with Gasteiger partial charge in [0, 0.05) is 42.8 Å². The minimum absolute atomic E-state index is 0.115. The maximum Gasteiger partial charge on any atom is 0.251 e. The molecule has 29 heavy (non-hydrogen) atoms. The Balaban J connectivity index is 1.64. The Labute approximate surface area is 172 Å². The number of hydrogen-bond acceptors (Lipinski definition) is 4. The van der Waals surface area contributed by atoms with Crippen molar-refractivity contribution in [2.45, 2.75) is 27.3 Å². The standard InChI is InChI=1S/C24H28N4O/c1-4-28(5-2)22-12-10-21(11-13-22)27-23-16-19(14-15-25-23)24(29)26-17-20-9-7-6-8-18(20)3/h6-16H,4-5,17H2,1-3H3,(H,25,27)(H,26,29). The summed E-state index contributed by atoms with van der Waals surface area (Å²) in [6.07, 6.45) is 1.65. The highest BCUT2D eigenvalue weighted by Gasteiger charge is 2.08. The molecule has 0 radical (unpaired) electrons. The number of carbonyl (C=O) groups is 1. The zero-order valence-electron chi connectivity index (χ0n) is 17.3. The summed E-state index contributed by atoms with van der Waals surface area (Å²) in [5.74, 6) is 0.528. The molecule has 0 aliphatic rings. The van der Waals surface area contributed by atoms with Crippen molar-refractivity contribution < 1.29 is 4.79 Å². The quantitative estimate of drug-likeness (QED) is 0.576. The van der Waals surface area contributed by atoms with Crippen molar-refractivity contribution in [2.24, 2.45) is 0 Å². The van der Waals surface area contributed by atoms with Crippen molar-refractivity contribution in [3.63, 3.8) is 0 Å². The van der Waals surface area contributed by atoms with Gasteiger partial charge in [0.2, 0.25) is 0 Å². The van der Waals surface area contributed by atoms with E-state index >= 15 is 0 Å². The second-order valence-corrected chi connectivity index (χ2v) is 6.88. The normalized spacial score (nSPS) is 10.4. The monoisotopic (exact) mass is 388 g/mol. The van der Waals surface area contributed by atoms with Gasteiger partial charge in [-0.25, -0.2) is 4.98 Å². The maximum absolute atomic E-state index is 12.5. The van der Waals surface area contributed by atoms with Crippen molar-refractivity contribution in [1.82, 2.24) is 10.3 Å². The van der Waals surface area contributed by atoms with E-state index in [1.54, 1.807) is 18.3 Å². The van der Waals surface area contributed by atoms with E-state index in [0.29, 0.717) is 17.9 Å². The fourth-order valence-corrected chi connectivity index (χ4v) is 3.22. The first-order valence-electron chi connectivity index (χ1n) is 10.0. The molecular formula is C24H28N4O. The molecule has 0 unspecified atom stereocenters. The van der Waals surface area contributed by atoms with Crippen LogP contribution in [-0.4, -0.2) is 24.0 Å². The molecule has 0 fully saturated rings. The summed E-state index contributed by atoms with van der Waals surface area (Å²) in [5, 5.41) is 6.25. The van der Waals surface area contributed by atoms with Crippen LogP contribution in [0.1, 0.15) is 35.3 Å². The summed E-state index contributed by atoms with van der Waals surface area (Å²) >= 11 is 0. The summed E-state index contributed by atoms with van der Waals surface area (Å²) in [4.78, 5) is 19.2. The molecule has 2 N–H and O–H groups in total. The Kier molecular flexibility index (Phi) is 6.85. The van der Waals surface area contributed by atoms with Crippen LogP contribution in [-0.2, 0) is 6.54 Å². The third-order valence-electron chi connectivity index (χ3n) is 4.99. The number of aryl methyl sites for hydroxylation is 1. The van der Waals surface area contributed by atoms with Gasteiger partial charge in [0.25, 0.3) is 5.91 Å². The van der Waals surface area contributed by atoms with Crippen LogP contribution in [0.15, 0.2) is 66.9 Å². The van der Waals surface area contributed by atoms with E-state index < -0.39 is 0 Å². The number of benzene rings is 2. The van der Waals surface area contributed by atoms with Gasteiger partial charge in [-0.2, -0.15) is 0 Å². The molecule has 0 spiro atoms. The summed E-state index contributed by atoms with van der Waals surface area (Å²) in [5.41, 5.74) is 4.99. The van der Waals surface area contributed by atoms with Crippen molar-refractivity contribution >= 4 is 23.1 Å². The topological polar surface area (TPSA) is 57.3 Å². The fourth-order valence-electron chi connectivity index (χ4n) is 3.22. The first kappa shape index (κ1) is 20.4. The minimum Gasteiger partial charge on any atom is -0.372 e. The molecule has 1 heterocycles. The van der Waals surface area contributed by atoms with E-state index in [4.69, 9.17) is 0 Å². The van der Waals surface area contributed by atoms with Gasteiger partial charge >= 0.3 is 0 Å². The summed E-state index contributed by atoms with van der Waals surface area (Å²) in [6, 6.07) is 19.8. The number of aromatic nitrogens is 1. The van der Waals surface area contributed by atoms with Gasteiger partial charge in [-0.05, 0) is 68.3 Å². The second-order valence-electron chi connectivity index (χ2n) is 6.88. The highest BCUT2D eigenvalue weighted by Crippen LogP contribution is 2.20. The van der Waals surface area contributed by atoms with Crippen LogP contribution >= 0.6 is 0 Å². The zero-order valence-corrected chi connectivity index (χ0v) is 17.3. The van der Waals surface area contributed by atoms with Crippen molar-refractivity contribution in [2.75, 3.05) is 23.3 Å². The molecule has 5 nitrogen and oxygen atoms in total. The van der Waals surface area contributed by atoms with E-state index in [-0.39, 0.29) is 5.91 Å². The molecule has 0 aliphatic carbocycles. The predicted molar refractivity (Wildman–Crippen MR) is 120 cm³/mol. The lowest BCUT2D eigenvalue weighted by molar-refractivity contribution is 0.0951. The molecule has 0 aliphatic heterocycles. The van der Waals surface area contributed by atoms with E-state index in [9.17, 15) is 4.79 Å². The van der Waals surface area contributed by atoms with Crippen LogP contribution in [0.3, 0.4) is 0 Å². The summed E-state index contributed by atoms with van der Waals surface area (Å²) in [7, 11) is 0. The molecule has 3 aromatic rings. The zero-order chi connectivity index (χ0) is 20.6. The van der Waals surface area contributed by atoms with Crippen LogP contribution in [0, 0.1) is 6.92 Å². The third kappa shape index (κ3) is 5.35. The van der Waals surface area contributed by atoms with E-state index in [0.717, 1.165) is 29.9 Å². The molecular weight excluding hydrogens is 360 g/mol. The number of pyridine rings is 1. The van der Waals surface area contributed by atoms with Crippen LogP contribution in [0.4, 0.5) is 17.2 Å². The van der Waals surface area contributed by atoms with E-state index in [2.05, 4.69) is 46.5 Å². The van der Waals surface area contributed by atoms with Crippen molar-refractivity contribution in [3.05, 3.63) is 83.6 Å². The van der Waals surface area contributed by atoms with Crippen LogP contribution in [0.5, 0.6) is 0 Å². The fraction of sp³-hybridized carbons (Fsp3) is 0.250. The third-order valence-corrected chi connectivity index (χ3v) is 4.99. The number of carbonyl (C=O) groups excluding carboxylic acids is 1. The first-order chi connectivity index (χ1) is 14.1. The molecule has 150 valence electrons. The molecule has 2 aromatic carbocycles. The van der Waals surface area contributed by atoms with Crippen molar-refractivity contribution in [3.8, 4) is 0 Å². The molecule has 0 saturated heterocycles. The molecule has 5 heteroatoms. The van der Waals surface area contributed by atoms with Gasteiger partial charge in [-0.3, -0.25) is 4.79 Å². The Morgan fingerprint density at radius 1 is 1.00 bits per heavy atom. The number of nitrogens with one attached hydrogen (secondary N) is 2. The van der Waals surface area contributed by atoms with Gasteiger partial charge in [0.05, 0.1) is 0 Å². The van der Waals surface area contributed by atoms with Gasteiger partial charge in [-0.15, -0.1) is 0 Å². The molecule has 0 bridgehead atoms. The molecule has 0 atom stereocenters. The van der Waals surface area contributed by atoms with Gasteiger partial charge in [0.15, 0.2) is 0 Å². The number of anilines is 3. The minimum atomic E-state index is -0.115. The summed E-state index contributed by atoms with van der Waals surface area (Å²) in [6.45, 7) is 8.80. The first-order valence-corrected chi connectivity index (χ1v) is 10.0. The average molecular weight is 389 g/mol. The van der Waals surface area contributed by atoms with Crippen LogP contribution < -0.4 is 15.5 Å². The SMILES string of the molecule is CCN(CC)c1ccc(Nc2cc(C(=O)NCc3ccccc3C)ccn2)cc1. The van der Waals surface area contributed by atoms with Gasteiger partial charge in [0.1, 0.15) is 5.82 Å². The van der Waals surface area contributed by atoms with Crippen molar-refractivity contribution in [1.29, 1.82) is 0 Å². The molecule has 0 saturated carbocycles. The Hall–Kier alpha value is -3.34. The molecule has 1 amide bonds. The van der Waals surface area contributed by atoms with Crippen LogP contribution in [0.2, 0.25) is 0 Å². The molecule has 3 rings (SSSR count). The molecule has 1 aromatic heterocycles. The highest BCUT2D eigenvalue weighted by molar-refractivity contribution is 5.94. The van der Waals surface area contributed by atoms with Gasteiger partial charge < -0.3 is 15.5 Å².